The van der Waals surface area contributed by atoms with Crippen molar-refractivity contribution < 1.29 is 13.3 Å². The molecule has 0 saturated heterocycles. The molecule has 10 heteroatoms. The van der Waals surface area contributed by atoms with Crippen LogP contribution < -0.4 is 10.0 Å². The van der Waals surface area contributed by atoms with E-state index >= 15 is 0 Å². The maximum atomic E-state index is 12.2. The van der Waals surface area contributed by atoms with Crippen molar-refractivity contribution in [3.63, 3.8) is 0 Å². The summed E-state index contributed by atoms with van der Waals surface area (Å²) in [6.45, 7) is 7.44. The molecule has 0 aliphatic rings. The summed E-state index contributed by atoms with van der Waals surface area (Å²) in [6, 6.07) is 4.96. The number of nitrogens with one attached hydrogen (secondary N) is 2. The van der Waals surface area contributed by atoms with Crippen LogP contribution in [0.5, 0.6) is 0 Å². The molecule has 142 valence electrons. The van der Waals surface area contributed by atoms with E-state index in [1.165, 1.54) is 18.2 Å². The zero-order valence-electron chi connectivity index (χ0n) is 14.9. The van der Waals surface area contributed by atoms with Crippen LogP contribution in [-0.2, 0) is 22.0 Å². The molecular formula is C16H22N4O4S2. The molecular weight excluding hydrogens is 376 g/mol. The number of hydrogen-bond donors (Lipinski definition) is 2. The predicted octanol–water partition coefficient (Wildman–Crippen LogP) is 2.42. The number of nitro benzene ring substituents is 1. The van der Waals surface area contributed by atoms with Gasteiger partial charge in [0, 0.05) is 42.6 Å². The summed E-state index contributed by atoms with van der Waals surface area (Å²) in [5.41, 5.74) is 0.669. The van der Waals surface area contributed by atoms with Crippen LogP contribution in [0.4, 0.5) is 5.69 Å². The summed E-state index contributed by atoms with van der Waals surface area (Å²) < 4.78 is 26.8. The van der Waals surface area contributed by atoms with Gasteiger partial charge in [-0.25, -0.2) is 18.1 Å². The molecule has 2 rings (SSSR count). The Labute approximate surface area is 156 Å². The average Bonchev–Trinajstić information content (AvgIpc) is 3.04. The Balaban J connectivity index is 1.83. The third-order valence-corrected chi connectivity index (χ3v) is 6.21. The summed E-state index contributed by atoms with van der Waals surface area (Å²) >= 11 is 1.61. The molecule has 0 fully saturated rings. The van der Waals surface area contributed by atoms with E-state index in [1.807, 2.05) is 5.38 Å². The molecule has 1 aromatic carbocycles. The molecule has 0 unspecified atom stereocenters. The number of rotatable bonds is 8. The second kappa shape index (κ2) is 8.21. The van der Waals surface area contributed by atoms with Crippen molar-refractivity contribution in [1.29, 1.82) is 0 Å². The first-order chi connectivity index (χ1) is 12.1. The lowest BCUT2D eigenvalue weighted by Gasteiger charge is -2.13. The first-order valence-electron chi connectivity index (χ1n) is 7.99. The SMILES string of the molecule is CC(C)(C)c1nc(CNCCNS(=O)(=O)c2cccc([N+](=O)[O-])c2)cs1. The van der Waals surface area contributed by atoms with Crippen molar-refractivity contribution in [2.45, 2.75) is 37.6 Å². The second-order valence-corrected chi connectivity index (χ2v) is 9.35. The third-order valence-electron chi connectivity index (χ3n) is 3.43. The smallest absolute Gasteiger partial charge is 0.270 e. The molecule has 2 aromatic rings. The maximum absolute atomic E-state index is 12.2. The Morgan fingerprint density at radius 1 is 1.27 bits per heavy atom. The van der Waals surface area contributed by atoms with Gasteiger partial charge in [-0.3, -0.25) is 10.1 Å². The van der Waals surface area contributed by atoms with E-state index in [9.17, 15) is 18.5 Å². The minimum Gasteiger partial charge on any atom is -0.310 e. The number of sulfonamides is 1. The van der Waals surface area contributed by atoms with E-state index in [2.05, 4.69) is 35.8 Å². The van der Waals surface area contributed by atoms with Gasteiger partial charge < -0.3 is 5.32 Å². The summed E-state index contributed by atoms with van der Waals surface area (Å²) in [4.78, 5) is 14.6. The van der Waals surface area contributed by atoms with Gasteiger partial charge in [-0.05, 0) is 6.07 Å². The van der Waals surface area contributed by atoms with Crippen LogP contribution in [0.3, 0.4) is 0 Å². The maximum Gasteiger partial charge on any atom is 0.270 e. The van der Waals surface area contributed by atoms with Gasteiger partial charge in [0.2, 0.25) is 10.0 Å². The summed E-state index contributed by atoms with van der Waals surface area (Å²) in [6.07, 6.45) is 0. The topological polar surface area (TPSA) is 114 Å². The predicted molar refractivity (Wildman–Crippen MR) is 101 cm³/mol. The lowest BCUT2D eigenvalue weighted by molar-refractivity contribution is -0.385. The first-order valence-corrected chi connectivity index (χ1v) is 10.4. The monoisotopic (exact) mass is 398 g/mol. The second-order valence-electron chi connectivity index (χ2n) is 6.72. The van der Waals surface area contributed by atoms with Gasteiger partial charge in [-0.2, -0.15) is 0 Å². The van der Waals surface area contributed by atoms with Crippen molar-refractivity contribution in [2.24, 2.45) is 0 Å². The lowest BCUT2D eigenvalue weighted by atomic mass is 9.98. The Morgan fingerprint density at radius 2 is 2.00 bits per heavy atom. The van der Waals surface area contributed by atoms with E-state index in [0.717, 1.165) is 16.8 Å². The number of nitro groups is 1. The Kier molecular flexibility index (Phi) is 6.45. The molecule has 0 amide bonds. The molecule has 0 saturated carbocycles. The van der Waals surface area contributed by atoms with Crippen molar-refractivity contribution >= 4 is 27.0 Å². The molecule has 2 N–H and O–H groups in total. The number of hydrogen-bond acceptors (Lipinski definition) is 7. The van der Waals surface area contributed by atoms with Gasteiger partial charge in [0.15, 0.2) is 0 Å². The fourth-order valence-electron chi connectivity index (χ4n) is 2.07. The average molecular weight is 399 g/mol. The van der Waals surface area contributed by atoms with Crippen LogP contribution in [0.2, 0.25) is 0 Å². The summed E-state index contributed by atoms with van der Waals surface area (Å²) in [5, 5.41) is 16.9. The van der Waals surface area contributed by atoms with E-state index in [0.29, 0.717) is 13.1 Å². The fraction of sp³-hybridized carbons (Fsp3) is 0.438. The largest absolute Gasteiger partial charge is 0.310 e. The van der Waals surface area contributed by atoms with E-state index in [-0.39, 0.29) is 22.5 Å². The van der Waals surface area contributed by atoms with Crippen molar-refractivity contribution in [1.82, 2.24) is 15.0 Å². The van der Waals surface area contributed by atoms with E-state index in [4.69, 9.17) is 0 Å². The molecule has 1 heterocycles. The van der Waals surface area contributed by atoms with E-state index < -0.39 is 14.9 Å². The van der Waals surface area contributed by atoms with Gasteiger partial charge in [0.1, 0.15) is 0 Å². The molecule has 8 nitrogen and oxygen atoms in total. The fourth-order valence-corrected chi connectivity index (χ4v) is 4.05. The highest BCUT2D eigenvalue weighted by atomic mass is 32.2. The van der Waals surface area contributed by atoms with Crippen LogP contribution >= 0.6 is 11.3 Å². The molecule has 0 aliphatic carbocycles. The Bertz CT molecular complexity index is 872. The normalized spacial score (nSPS) is 12.3. The van der Waals surface area contributed by atoms with Gasteiger partial charge in [0.05, 0.1) is 20.5 Å². The van der Waals surface area contributed by atoms with Crippen molar-refractivity contribution in [3.8, 4) is 0 Å². The first kappa shape index (κ1) is 20.4. The number of aromatic nitrogens is 1. The third kappa shape index (κ3) is 5.56. The lowest BCUT2D eigenvalue weighted by Crippen LogP contribution is -2.31. The zero-order chi connectivity index (χ0) is 19.4. The highest BCUT2D eigenvalue weighted by molar-refractivity contribution is 7.89. The Hall–Kier alpha value is -1.88. The minimum atomic E-state index is -3.78. The highest BCUT2D eigenvalue weighted by Crippen LogP contribution is 2.25. The van der Waals surface area contributed by atoms with Gasteiger partial charge in [-0.15, -0.1) is 11.3 Å². The van der Waals surface area contributed by atoms with Gasteiger partial charge in [0.25, 0.3) is 5.69 Å². The van der Waals surface area contributed by atoms with Crippen LogP contribution in [0.25, 0.3) is 0 Å². The van der Waals surface area contributed by atoms with Crippen LogP contribution in [-0.4, -0.2) is 31.4 Å². The molecule has 0 radical (unpaired) electrons. The summed E-state index contributed by atoms with van der Waals surface area (Å²) in [5.74, 6) is 0. The summed E-state index contributed by atoms with van der Waals surface area (Å²) in [7, 11) is -3.78. The van der Waals surface area contributed by atoms with Crippen molar-refractivity contribution in [3.05, 3.63) is 50.5 Å². The quantitative estimate of drug-likeness (QED) is 0.401. The van der Waals surface area contributed by atoms with Gasteiger partial charge in [-0.1, -0.05) is 26.8 Å². The minimum absolute atomic E-state index is 0.0108. The van der Waals surface area contributed by atoms with E-state index in [1.54, 1.807) is 11.3 Å². The number of benzene rings is 1. The zero-order valence-corrected chi connectivity index (χ0v) is 16.5. The van der Waals surface area contributed by atoms with Crippen LogP contribution in [0.15, 0.2) is 34.5 Å². The molecule has 0 aliphatic heterocycles. The number of nitrogens with zero attached hydrogens (tertiary/aromatic N) is 2. The van der Waals surface area contributed by atoms with Crippen LogP contribution in [0, 0.1) is 10.1 Å². The molecule has 0 atom stereocenters. The van der Waals surface area contributed by atoms with Gasteiger partial charge >= 0.3 is 0 Å². The van der Waals surface area contributed by atoms with Crippen molar-refractivity contribution in [2.75, 3.05) is 13.1 Å². The standard InChI is InChI=1S/C16H22N4O4S2/c1-16(2,3)15-19-12(11-25-15)10-17-7-8-18-26(23,24)14-6-4-5-13(9-14)20(21)22/h4-6,9,11,17-18H,7-8,10H2,1-3H3. The van der Waals surface area contributed by atoms with Crippen LogP contribution in [0.1, 0.15) is 31.5 Å². The molecule has 26 heavy (non-hydrogen) atoms. The Morgan fingerprint density at radius 3 is 2.62 bits per heavy atom. The molecule has 0 bridgehead atoms. The highest BCUT2D eigenvalue weighted by Gasteiger charge is 2.18. The number of thiazole rings is 1. The number of non-ortho nitro benzene ring substituents is 1. The molecule has 1 aromatic heterocycles. The molecule has 0 spiro atoms.